The molecule has 5 nitrogen and oxygen atoms in total. The normalized spacial score (nSPS) is 15.3. The van der Waals surface area contributed by atoms with Crippen LogP contribution in [0.1, 0.15) is 41.7 Å². The van der Waals surface area contributed by atoms with E-state index in [0.29, 0.717) is 17.9 Å². The lowest BCUT2D eigenvalue weighted by Crippen LogP contribution is -2.38. The minimum Gasteiger partial charge on any atom is -0.484 e. The van der Waals surface area contributed by atoms with E-state index in [-0.39, 0.29) is 24.3 Å². The molecule has 1 amide bonds. The molecule has 0 saturated carbocycles. The van der Waals surface area contributed by atoms with Crippen molar-refractivity contribution in [3.63, 3.8) is 0 Å². The number of benzene rings is 2. The summed E-state index contributed by atoms with van der Waals surface area (Å²) in [5.41, 5.74) is 1.79. The maximum Gasteiger partial charge on any atom is 0.258 e. The monoisotopic (exact) mass is 366 g/mol. The summed E-state index contributed by atoms with van der Waals surface area (Å²) in [6.07, 6.45) is 2.40. The number of hydrogen-bond acceptors (Lipinski definition) is 4. The third kappa shape index (κ3) is 5.41. The Morgan fingerprint density at radius 2 is 1.81 bits per heavy atom. The van der Waals surface area contributed by atoms with Crippen LogP contribution in [0.5, 0.6) is 5.75 Å². The summed E-state index contributed by atoms with van der Waals surface area (Å²) < 4.78 is 5.54. The van der Waals surface area contributed by atoms with E-state index in [2.05, 4.69) is 22.3 Å². The topological polar surface area (TPSA) is 58.6 Å². The molecule has 2 aromatic rings. The standard InChI is InChI=1S/C22H26N2O3/c1-17(25)19-10-7-11-20(14-19)27-16-22(26)23-15-21(24-12-5-6-13-24)18-8-3-2-4-9-18/h2-4,7-11,14,21H,5-6,12-13,15-16H2,1H3,(H,23,26). The fourth-order valence-corrected chi connectivity index (χ4v) is 3.40. The number of hydrogen-bond donors (Lipinski definition) is 1. The van der Waals surface area contributed by atoms with Crippen LogP contribution in [0.3, 0.4) is 0 Å². The average Bonchev–Trinajstić information content (AvgIpc) is 3.22. The molecule has 1 saturated heterocycles. The van der Waals surface area contributed by atoms with Gasteiger partial charge in [-0.15, -0.1) is 0 Å². The molecule has 1 heterocycles. The van der Waals surface area contributed by atoms with E-state index in [9.17, 15) is 9.59 Å². The minimum atomic E-state index is -0.164. The SMILES string of the molecule is CC(=O)c1cccc(OCC(=O)NCC(c2ccccc2)N2CCCC2)c1. The van der Waals surface area contributed by atoms with Gasteiger partial charge in [0.2, 0.25) is 0 Å². The highest BCUT2D eigenvalue weighted by Crippen LogP contribution is 2.24. The molecule has 1 aliphatic heterocycles. The molecule has 2 aromatic carbocycles. The van der Waals surface area contributed by atoms with Crippen molar-refractivity contribution in [2.75, 3.05) is 26.2 Å². The van der Waals surface area contributed by atoms with Crippen LogP contribution in [0.2, 0.25) is 0 Å². The van der Waals surface area contributed by atoms with Crippen LogP contribution in [0, 0.1) is 0 Å². The minimum absolute atomic E-state index is 0.0267. The van der Waals surface area contributed by atoms with E-state index < -0.39 is 0 Å². The summed E-state index contributed by atoms with van der Waals surface area (Å²) in [5, 5.41) is 2.99. The molecule has 5 heteroatoms. The fourth-order valence-electron chi connectivity index (χ4n) is 3.40. The predicted molar refractivity (Wildman–Crippen MR) is 105 cm³/mol. The van der Waals surface area contributed by atoms with Gasteiger partial charge in [-0.1, -0.05) is 42.5 Å². The summed E-state index contributed by atoms with van der Waals surface area (Å²) in [5.74, 6) is 0.335. The highest BCUT2D eigenvalue weighted by molar-refractivity contribution is 5.94. The Labute approximate surface area is 160 Å². The van der Waals surface area contributed by atoms with Gasteiger partial charge < -0.3 is 10.1 Å². The summed E-state index contributed by atoms with van der Waals surface area (Å²) >= 11 is 0. The van der Waals surface area contributed by atoms with Gasteiger partial charge in [0, 0.05) is 12.1 Å². The van der Waals surface area contributed by atoms with E-state index in [0.717, 1.165) is 13.1 Å². The highest BCUT2D eigenvalue weighted by Gasteiger charge is 2.23. The molecule has 0 spiro atoms. The van der Waals surface area contributed by atoms with Gasteiger partial charge in [0.05, 0.1) is 6.04 Å². The van der Waals surface area contributed by atoms with Crippen molar-refractivity contribution in [3.05, 3.63) is 65.7 Å². The lowest BCUT2D eigenvalue weighted by molar-refractivity contribution is -0.123. The number of amides is 1. The van der Waals surface area contributed by atoms with Crippen molar-refractivity contribution in [1.29, 1.82) is 0 Å². The highest BCUT2D eigenvalue weighted by atomic mass is 16.5. The van der Waals surface area contributed by atoms with Crippen LogP contribution in [0.15, 0.2) is 54.6 Å². The Hall–Kier alpha value is -2.66. The average molecular weight is 366 g/mol. The number of nitrogens with one attached hydrogen (secondary N) is 1. The van der Waals surface area contributed by atoms with Crippen LogP contribution in [-0.2, 0) is 4.79 Å². The molecule has 27 heavy (non-hydrogen) atoms. The molecule has 1 unspecified atom stereocenters. The Morgan fingerprint density at radius 3 is 2.52 bits per heavy atom. The lowest BCUT2D eigenvalue weighted by atomic mass is 10.1. The smallest absolute Gasteiger partial charge is 0.258 e. The van der Waals surface area contributed by atoms with Crippen molar-refractivity contribution in [2.45, 2.75) is 25.8 Å². The maximum atomic E-state index is 12.3. The van der Waals surface area contributed by atoms with Crippen LogP contribution in [0.4, 0.5) is 0 Å². The van der Waals surface area contributed by atoms with Crippen molar-refractivity contribution in [3.8, 4) is 5.75 Å². The number of carbonyl (C=O) groups is 2. The quantitative estimate of drug-likeness (QED) is 0.729. The lowest BCUT2D eigenvalue weighted by Gasteiger charge is -2.28. The van der Waals surface area contributed by atoms with E-state index >= 15 is 0 Å². The predicted octanol–water partition coefficient (Wildman–Crippen LogP) is 3.22. The summed E-state index contributed by atoms with van der Waals surface area (Å²) in [6.45, 7) is 4.12. The summed E-state index contributed by atoms with van der Waals surface area (Å²) in [6, 6.07) is 17.4. The van der Waals surface area contributed by atoms with Gasteiger partial charge in [0.15, 0.2) is 12.4 Å². The zero-order valence-electron chi connectivity index (χ0n) is 15.7. The van der Waals surface area contributed by atoms with E-state index in [1.165, 1.54) is 25.3 Å². The molecular formula is C22H26N2O3. The first-order valence-corrected chi connectivity index (χ1v) is 9.43. The molecule has 0 aliphatic carbocycles. The van der Waals surface area contributed by atoms with Gasteiger partial charge in [0.25, 0.3) is 5.91 Å². The molecule has 0 radical (unpaired) electrons. The first-order valence-electron chi connectivity index (χ1n) is 9.43. The summed E-state index contributed by atoms with van der Waals surface area (Å²) in [7, 11) is 0. The van der Waals surface area contributed by atoms with Gasteiger partial charge in [0.1, 0.15) is 5.75 Å². The molecule has 3 rings (SSSR count). The van der Waals surface area contributed by atoms with E-state index in [1.54, 1.807) is 24.3 Å². The summed E-state index contributed by atoms with van der Waals surface area (Å²) in [4.78, 5) is 26.1. The Morgan fingerprint density at radius 1 is 1.07 bits per heavy atom. The molecule has 1 fully saturated rings. The number of rotatable bonds is 8. The van der Waals surface area contributed by atoms with Gasteiger partial charge >= 0.3 is 0 Å². The Bertz CT molecular complexity index is 770. The first kappa shape index (κ1) is 19.1. The van der Waals surface area contributed by atoms with Gasteiger partial charge in [-0.05, 0) is 50.6 Å². The molecule has 0 aromatic heterocycles. The zero-order chi connectivity index (χ0) is 19.1. The maximum absolute atomic E-state index is 12.3. The molecule has 142 valence electrons. The number of carbonyl (C=O) groups excluding carboxylic acids is 2. The number of nitrogens with zero attached hydrogens (tertiary/aromatic N) is 1. The second-order valence-electron chi connectivity index (χ2n) is 6.85. The van der Waals surface area contributed by atoms with Crippen LogP contribution >= 0.6 is 0 Å². The molecule has 0 bridgehead atoms. The molecule has 1 atom stereocenters. The molecular weight excluding hydrogens is 340 g/mol. The van der Waals surface area contributed by atoms with Crippen LogP contribution in [0.25, 0.3) is 0 Å². The fraction of sp³-hybridized carbons (Fsp3) is 0.364. The molecule has 1 N–H and O–H groups in total. The largest absolute Gasteiger partial charge is 0.484 e. The second-order valence-corrected chi connectivity index (χ2v) is 6.85. The van der Waals surface area contributed by atoms with Crippen LogP contribution in [-0.4, -0.2) is 42.8 Å². The molecule has 1 aliphatic rings. The van der Waals surface area contributed by atoms with Gasteiger partial charge in [-0.2, -0.15) is 0 Å². The third-order valence-corrected chi connectivity index (χ3v) is 4.87. The number of ketones is 1. The number of likely N-dealkylation sites (tertiary alicyclic amines) is 1. The van der Waals surface area contributed by atoms with Crippen molar-refractivity contribution < 1.29 is 14.3 Å². The Kier molecular flexibility index (Phi) is 6.60. The number of ether oxygens (including phenoxy) is 1. The second kappa shape index (κ2) is 9.33. The zero-order valence-corrected chi connectivity index (χ0v) is 15.7. The van der Waals surface area contributed by atoms with Gasteiger partial charge in [-0.3, -0.25) is 14.5 Å². The number of Topliss-reactive ketones (excluding diaryl/α,β-unsaturated/α-hetero) is 1. The van der Waals surface area contributed by atoms with E-state index in [4.69, 9.17) is 4.74 Å². The Balaban J connectivity index is 1.55. The van der Waals surface area contributed by atoms with Crippen LogP contribution < -0.4 is 10.1 Å². The van der Waals surface area contributed by atoms with Gasteiger partial charge in [-0.25, -0.2) is 0 Å². The van der Waals surface area contributed by atoms with Crippen molar-refractivity contribution in [2.24, 2.45) is 0 Å². The third-order valence-electron chi connectivity index (χ3n) is 4.87. The van der Waals surface area contributed by atoms with E-state index in [1.807, 2.05) is 18.2 Å². The first-order chi connectivity index (χ1) is 13.1. The van der Waals surface area contributed by atoms with Crippen molar-refractivity contribution >= 4 is 11.7 Å². The van der Waals surface area contributed by atoms with Crippen molar-refractivity contribution in [1.82, 2.24) is 10.2 Å².